The number of amides is 5. The van der Waals surface area contributed by atoms with Crippen molar-refractivity contribution in [2.24, 2.45) is 5.73 Å². The lowest BCUT2D eigenvalue weighted by Crippen LogP contribution is -2.36. The third kappa shape index (κ3) is 22.8. The summed E-state index contributed by atoms with van der Waals surface area (Å²) in [6.07, 6.45) is -8.79. The van der Waals surface area contributed by atoms with Gasteiger partial charge in [0.05, 0.1) is 58.4 Å². The van der Waals surface area contributed by atoms with Crippen molar-refractivity contribution in [3.63, 3.8) is 0 Å². The van der Waals surface area contributed by atoms with Crippen LogP contribution in [0.2, 0.25) is 10.0 Å². The van der Waals surface area contributed by atoms with Crippen molar-refractivity contribution in [2.75, 3.05) is 64.6 Å². The van der Waals surface area contributed by atoms with Gasteiger partial charge in [-0.25, -0.2) is 37.1 Å². The van der Waals surface area contributed by atoms with Crippen LogP contribution in [0.4, 0.5) is 59.3 Å². The van der Waals surface area contributed by atoms with Crippen LogP contribution in [0.15, 0.2) is 76.9 Å². The van der Waals surface area contributed by atoms with E-state index in [0.29, 0.717) is 12.1 Å². The number of benzene rings is 2. The molecule has 0 saturated carbocycles. The number of rotatable bonds is 18. The van der Waals surface area contributed by atoms with E-state index in [1.54, 1.807) is 9.44 Å². The van der Waals surface area contributed by atoms with Crippen LogP contribution in [-0.4, -0.2) is 161 Å². The highest BCUT2D eigenvalue weighted by Crippen LogP contribution is 2.39. The SMILES string of the molecule is COc1cc(OC)nc(NC(=O)NS(=O)(=O)c2ncccc2C(=O)N(C)C)n1.COc1nc(C)nc(NC(=O)NS(=O)(=O)c2ccccc2CCC(F)(F)F)n1.CP(=O)(O)CCC(N)C(=O)O.Nc1c([N+](=O)[O-])cnn1-c1c(Cl)cc(C(F)(F)F)cc1Cl. The van der Waals surface area contributed by atoms with E-state index in [4.69, 9.17) is 58.9 Å². The third-order valence-electron chi connectivity index (χ3n) is 10.2. The van der Waals surface area contributed by atoms with Crippen LogP contribution in [0.3, 0.4) is 0 Å². The summed E-state index contributed by atoms with van der Waals surface area (Å²) in [7, 11) is -5.09. The third-order valence-corrected chi connectivity index (χ3v) is 14.6. The lowest BCUT2D eigenvalue weighted by Gasteiger charge is -2.14. The number of hydrogen-bond acceptors (Lipinski definition) is 23. The normalized spacial score (nSPS) is 12.3. The molecule has 43 heteroatoms. The monoisotopic (exact) mass is 1350 g/mol. The van der Waals surface area contributed by atoms with Crippen molar-refractivity contribution >= 4 is 98.0 Å². The van der Waals surface area contributed by atoms with Gasteiger partial charge in [-0.15, -0.1) is 0 Å². The first kappa shape index (κ1) is 73.4. The number of urea groups is 2. The number of carbonyl (C=O) groups excluding carboxylic acids is 3. The van der Waals surface area contributed by atoms with Crippen molar-refractivity contribution in [3.8, 4) is 23.5 Å². The molecule has 0 spiro atoms. The zero-order chi connectivity index (χ0) is 66.9. The van der Waals surface area contributed by atoms with E-state index in [1.807, 2.05) is 0 Å². The van der Waals surface area contributed by atoms with E-state index in [0.717, 1.165) is 16.9 Å². The molecule has 88 heavy (non-hydrogen) atoms. The number of aliphatic carboxylic acids is 1. The Bertz CT molecular complexity index is 3750. The molecule has 10 N–H and O–H groups in total. The van der Waals surface area contributed by atoms with E-state index in [2.05, 4.69) is 45.6 Å². The number of nitrogens with two attached hydrogens (primary N) is 2. The highest BCUT2D eigenvalue weighted by molar-refractivity contribution is 7.90. The fourth-order valence-electron chi connectivity index (χ4n) is 6.23. The fourth-order valence-corrected chi connectivity index (χ4v) is 9.85. The number of nitrogens with zero attached hydrogens (tertiary/aromatic N) is 10. The summed E-state index contributed by atoms with van der Waals surface area (Å²) in [6, 6.07) is 6.95. The number of methoxy groups -OCH3 is 3. The van der Waals surface area contributed by atoms with Crippen LogP contribution >= 0.6 is 30.6 Å². The second kappa shape index (κ2) is 31.2. The molecule has 2 unspecified atom stereocenters. The topological polar surface area (TPSA) is 463 Å². The molecule has 2 atom stereocenters. The first-order valence-electron chi connectivity index (χ1n) is 23.7. The Kier molecular flexibility index (Phi) is 26.0. The van der Waals surface area contributed by atoms with Crippen LogP contribution < -0.4 is 45.8 Å². The Hall–Kier alpha value is -8.82. The largest absolute Gasteiger partial charge is 0.481 e. The molecule has 0 saturated heterocycles. The van der Waals surface area contributed by atoms with Gasteiger partial charge in [-0.05, 0) is 55.7 Å². The van der Waals surface area contributed by atoms with Crippen LogP contribution in [0.5, 0.6) is 17.8 Å². The molecule has 0 bridgehead atoms. The van der Waals surface area contributed by atoms with Crippen LogP contribution in [0, 0.1) is 17.0 Å². The number of carbonyl (C=O) groups is 4. The number of nitrogen functional groups attached to an aromatic ring is 1. The van der Waals surface area contributed by atoms with Gasteiger partial charge in [0.15, 0.2) is 12.4 Å². The Morgan fingerprint density at radius 2 is 1.40 bits per heavy atom. The summed E-state index contributed by atoms with van der Waals surface area (Å²) in [5, 5.41) is 25.5. The highest BCUT2D eigenvalue weighted by Gasteiger charge is 2.34. The molecular formula is C45H51Cl2F6N16O16PS2. The van der Waals surface area contributed by atoms with Gasteiger partial charge in [-0.1, -0.05) is 41.4 Å². The molecule has 480 valence electrons. The molecule has 6 rings (SSSR count). The minimum absolute atomic E-state index is 0.0412. The second-order valence-corrected chi connectivity index (χ2v) is 23.9. The summed E-state index contributed by atoms with van der Waals surface area (Å²) in [5.74, 6) is -2.25. The van der Waals surface area contributed by atoms with E-state index >= 15 is 0 Å². The minimum atomic E-state index is -4.63. The molecule has 0 aliphatic rings. The number of halogens is 8. The maximum absolute atomic E-state index is 12.6. The summed E-state index contributed by atoms with van der Waals surface area (Å²) >= 11 is 11.5. The van der Waals surface area contributed by atoms with Crippen molar-refractivity contribution in [3.05, 3.63) is 110 Å². The van der Waals surface area contributed by atoms with Gasteiger partial charge in [-0.2, -0.15) is 64.8 Å². The lowest BCUT2D eigenvalue weighted by molar-refractivity contribution is -0.383. The Labute approximate surface area is 504 Å². The number of nitro groups is 1. The number of carboxylic acid groups (broad SMARTS) is 1. The molecular weight excluding hydrogens is 1300 g/mol. The van der Waals surface area contributed by atoms with Gasteiger partial charge in [0, 0.05) is 39.5 Å². The van der Waals surface area contributed by atoms with Gasteiger partial charge < -0.3 is 40.6 Å². The van der Waals surface area contributed by atoms with E-state index in [-0.39, 0.29) is 74.9 Å². The summed E-state index contributed by atoms with van der Waals surface area (Å²) in [6.45, 7) is 2.68. The minimum Gasteiger partial charge on any atom is -0.481 e. The summed E-state index contributed by atoms with van der Waals surface area (Å²) < 4.78 is 155. The Morgan fingerprint density at radius 1 is 0.852 bits per heavy atom. The number of aryl methyl sites for hydroxylation is 2. The van der Waals surface area contributed by atoms with Crippen LogP contribution in [0.25, 0.3) is 5.69 Å². The molecule has 4 heterocycles. The van der Waals surface area contributed by atoms with E-state index in [1.165, 1.54) is 96.5 Å². The average Bonchev–Trinajstić information content (AvgIpc) is 3.39. The molecule has 5 amide bonds. The molecule has 0 aliphatic carbocycles. The standard InChI is InChI=1S/C15H16F3N5O4S.C15H18N6O6S.C10H5Cl2F3N4O2.C5H12NO4P/c1-9-19-12(22-14(20-9)27-2)21-13(24)23-28(25,26)11-6-4-3-5-10(11)7-8-15(16,17)18;1-21(2)13(22)9-6-5-7-16-12(9)28(24,25)20-15(23)19-14-17-10(26-3)8-11(18-14)27-4;11-5-1-4(10(13,14)15)2-6(12)8(5)18-9(16)7(3-17-18)19(20)21;1-11(9,10)3-2-4(6)5(7)8/h3-6H,7-8H2,1-2H3,(H2,19,20,21,22,23,24);5-8H,1-4H3,(H2,17,18,19,20,23);1-3H,16H2;4H,2-3,6H2,1H3,(H,7,8)(H,9,10). The maximum Gasteiger partial charge on any atom is 0.416 e. The Morgan fingerprint density at radius 3 is 1.88 bits per heavy atom. The van der Waals surface area contributed by atoms with Gasteiger partial charge in [0.1, 0.15) is 23.8 Å². The number of pyridine rings is 1. The zero-order valence-electron chi connectivity index (χ0n) is 46.3. The number of sulfonamides is 2. The quantitative estimate of drug-likeness (QED) is 0.0222. The van der Waals surface area contributed by atoms with Gasteiger partial charge >= 0.3 is 42.1 Å². The van der Waals surface area contributed by atoms with Gasteiger partial charge in [0.25, 0.3) is 26.0 Å². The summed E-state index contributed by atoms with van der Waals surface area (Å²) in [4.78, 5) is 88.6. The number of nitrogens with one attached hydrogen (secondary N) is 4. The van der Waals surface area contributed by atoms with Crippen molar-refractivity contribution in [2.45, 2.75) is 54.5 Å². The average molecular weight is 1350 g/mol. The number of alkyl halides is 6. The van der Waals surface area contributed by atoms with E-state index in [9.17, 15) is 77.0 Å². The van der Waals surface area contributed by atoms with E-state index < -0.39 is 115 Å². The molecule has 6 aromatic rings. The second-order valence-electron chi connectivity index (χ2n) is 17.2. The number of carboxylic acids is 1. The van der Waals surface area contributed by atoms with Crippen LogP contribution in [0.1, 0.15) is 40.2 Å². The number of hydrogen-bond donors (Lipinski definition) is 8. The zero-order valence-corrected chi connectivity index (χ0v) is 50.3. The highest BCUT2D eigenvalue weighted by atomic mass is 35.5. The van der Waals surface area contributed by atoms with Crippen molar-refractivity contribution in [1.82, 2.24) is 54.0 Å². The van der Waals surface area contributed by atoms with Crippen molar-refractivity contribution in [1.29, 1.82) is 0 Å². The smallest absolute Gasteiger partial charge is 0.416 e. The molecule has 0 radical (unpaired) electrons. The molecule has 32 nitrogen and oxygen atoms in total. The first-order valence-corrected chi connectivity index (χ1v) is 29.7. The number of anilines is 3. The molecule has 0 aliphatic heterocycles. The predicted octanol–water partition coefficient (Wildman–Crippen LogP) is 5.67. The Balaban J connectivity index is 0.000000321. The molecule has 2 aromatic carbocycles. The number of aromatic nitrogens is 8. The first-order chi connectivity index (χ1) is 40.6. The number of ether oxygens (including phenoxy) is 3. The van der Waals surface area contributed by atoms with Crippen LogP contribution in [-0.2, 0) is 42.0 Å². The summed E-state index contributed by atoms with van der Waals surface area (Å²) in [5.41, 5.74) is 8.61. The predicted molar refractivity (Wildman–Crippen MR) is 299 cm³/mol. The fraction of sp³-hybridized carbons (Fsp3) is 0.311. The lowest BCUT2D eigenvalue weighted by atomic mass is 10.1. The molecule has 4 aromatic heterocycles. The molecule has 0 fully saturated rings. The van der Waals surface area contributed by atoms with Crippen molar-refractivity contribution < 1.29 is 96.1 Å². The maximum atomic E-state index is 12.6. The van der Waals surface area contributed by atoms with Gasteiger partial charge in [0.2, 0.25) is 29.5 Å². The van der Waals surface area contributed by atoms with Gasteiger partial charge in [-0.3, -0.25) is 34.9 Å².